The van der Waals surface area contributed by atoms with Crippen LogP contribution in [-0.2, 0) is 9.47 Å². The molecule has 3 rings (SSSR count). The number of carbonyl (C=O) groups is 2. The van der Waals surface area contributed by atoms with Gasteiger partial charge in [0.1, 0.15) is 5.56 Å². The van der Waals surface area contributed by atoms with Crippen LogP contribution in [0.4, 0.5) is 5.69 Å². The van der Waals surface area contributed by atoms with E-state index in [1.165, 1.54) is 24.6 Å². The first kappa shape index (κ1) is 14.8. The van der Waals surface area contributed by atoms with Crippen molar-refractivity contribution >= 4 is 39.2 Å². The average molecular weight is 320 g/mol. The van der Waals surface area contributed by atoms with Crippen LogP contribution in [0.1, 0.15) is 40.5 Å². The Hall–Kier alpha value is -2.15. The highest BCUT2D eigenvalue weighted by molar-refractivity contribution is 7.18. The molecular formula is C15H16N2O4S. The van der Waals surface area contributed by atoms with E-state index < -0.39 is 11.9 Å². The number of aromatic nitrogens is 1. The number of thiophene rings is 1. The molecule has 0 saturated heterocycles. The molecule has 1 aliphatic rings. The largest absolute Gasteiger partial charge is 0.465 e. The molecule has 0 amide bonds. The Morgan fingerprint density at radius 2 is 2.14 bits per heavy atom. The second-order valence-electron chi connectivity index (χ2n) is 5.00. The lowest BCUT2D eigenvalue weighted by Gasteiger charge is -2.11. The lowest BCUT2D eigenvalue weighted by molar-refractivity contribution is 0.0526. The van der Waals surface area contributed by atoms with Gasteiger partial charge in [-0.15, -0.1) is 11.3 Å². The lowest BCUT2D eigenvalue weighted by atomic mass is 10.2. The van der Waals surface area contributed by atoms with E-state index in [0.717, 1.165) is 17.5 Å². The average Bonchev–Trinajstić information content (AvgIpc) is 3.23. The van der Waals surface area contributed by atoms with Crippen LogP contribution in [0.25, 0.3) is 10.2 Å². The van der Waals surface area contributed by atoms with Crippen molar-refractivity contribution in [3.63, 3.8) is 0 Å². The molecule has 2 aromatic heterocycles. The van der Waals surface area contributed by atoms with Gasteiger partial charge in [0.25, 0.3) is 0 Å². The van der Waals surface area contributed by atoms with E-state index in [1.807, 2.05) is 0 Å². The quantitative estimate of drug-likeness (QED) is 0.854. The summed E-state index contributed by atoms with van der Waals surface area (Å²) < 4.78 is 10.6. The summed E-state index contributed by atoms with van der Waals surface area (Å²) in [7, 11) is 1.34. The maximum Gasteiger partial charge on any atom is 0.341 e. The van der Waals surface area contributed by atoms with Gasteiger partial charge in [0.05, 0.1) is 35.2 Å². The lowest BCUT2D eigenvalue weighted by Crippen LogP contribution is -2.12. The van der Waals surface area contributed by atoms with E-state index in [0.29, 0.717) is 35.0 Å². The molecule has 0 aromatic carbocycles. The van der Waals surface area contributed by atoms with E-state index in [-0.39, 0.29) is 0 Å². The Kier molecular flexibility index (Phi) is 3.98. The van der Waals surface area contributed by atoms with Crippen molar-refractivity contribution in [1.29, 1.82) is 0 Å². The van der Waals surface area contributed by atoms with Gasteiger partial charge >= 0.3 is 11.9 Å². The Morgan fingerprint density at radius 1 is 1.36 bits per heavy atom. The predicted molar refractivity (Wildman–Crippen MR) is 83.6 cm³/mol. The minimum absolute atomic E-state index is 0.303. The second-order valence-corrected chi connectivity index (χ2v) is 5.88. The van der Waals surface area contributed by atoms with E-state index in [9.17, 15) is 9.59 Å². The zero-order valence-corrected chi connectivity index (χ0v) is 13.2. The Balaban J connectivity index is 2.12. The summed E-state index contributed by atoms with van der Waals surface area (Å²) >= 11 is 1.37. The van der Waals surface area contributed by atoms with Gasteiger partial charge in [-0.2, -0.15) is 0 Å². The van der Waals surface area contributed by atoms with E-state index >= 15 is 0 Å². The highest BCUT2D eigenvalue weighted by atomic mass is 32.1. The molecule has 22 heavy (non-hydrogen) atoms. The second kappa shape index (κ2) is 5.92. The minimum Gasteiger partial charge on any atom is -0.465 e. The minimum atomic E-state index is -0.431. The maximum absolute atomic E-state index is 12.1. The van der Waals surface area contributed by atoms with Crippen LogP contribution in [0.2, 0.25) is 0 Å². The van der Waals surface area contributed by atoms with E-state index in [4.69, 9.17) is 9.47 Å². The van der Waals surface area contributed by atoms with Crippen LogP contribution >= 0.6 is 11.3 Å². The smallest absolute Gasteiger partial charge is 0.341 e. The van der Waals surface area contributed by atoms with E-state index in [1.54, 1.807) is 12.3 Å². The number of ether oxygens (including phenoxy) is 2. The normalized spacial score (nSPS) is 13.9. The maximum atomic E-state index is 12.1. The number of esters is 2. The molecule has 2 aromatic rings. The number of hydrogen-bond donors (Lipinski definition) is 1. The van der Waals surface area contributed by atoms with Gasteiger partial charge in [-0.05, 0) is 19.8 Å². The van der Waals surface area contributed by atoms with Crippen molar-refractivity contribution in [2.24, 2.45) is 0 Å². The van der Waals surface area contributed by atoms with Gasteiger partial charge < -0.3 is 14.8 Å². The topological polar surface area (TPSA) is 77.5 Å². The zero-order valence-electron chi connectivity index (χ0n) is 12.3. The molecular weight excluding hydrogens is 304 g/mol. The van der Waals surface area contributed by atoms with Crippen LogP contribution in [0.3, 0.4) is 0 Å². The monoisotopic (exact) mass is 320 g/mol. The third-order valence-corrected chi connectivity index (χ3v) is 4.40. The van der Waals surface area contributed by atoms with Gasteiger partial charge in [0.15, 0.2) is 0 Å². The summed E-state index contributed by atoms with van der Waals surface area (Å²) in [5.41, 5.74) is 2.07. The molecule has 1 saturated carbocycles. The molecule has 0 spiro atoms. The Labute approximate surface area is 131 Å². The first-order chi connectivity index (χ1) is 10.7. The number of anilines is 1. The number of nitrogens with zero attached hydrogens (tertiary/aromatic N) is 1. The van der Waals surface area contributed by atoms with Crippen LogP contribution in [0.5, 0.6) is 0 Å². The predicted octanol–water partition coefficient (Wildman–Crippen LogP) is 2.83. The van der Waals surface area contributed by atoms with Gasteiger partial charge in [0, 0.05) is 17.6 Å². The van der Waals surface area contributed by atoms with E-state index in [2.05, 4.69) is 10.3 Å². The van der Waals surface area contributed by atoms with Gasteiger partial charge in [-0.25, -0.2) is 9.59 Å². The van der Waals surface area contributed by atoms with Gasteiger partial charge in [-0.1, -0.05) is 0 Å². The number of nitrogens with one attached hydrogen (secondary N) is 1. The molecule has 0 bridgehead atoms. The zero-order chi connectivity index (χ0) is 15.7. The van der Waals surface area contributed by atoms with Crippen LogP contribution in [-0.4, -0.2) is 36.7 Å². The number of carbonyl (C=O) groups excluding carboxylic acids is 2. The highest BCUT2D eigenvalue weighted by Gasteiger charge is 2.27. The van der Waals surface area contributed by atoms with Crippen molar-refractivity contribution in [2.75, 3.05) is 19.0 Å². The fraction of sp³-hybridized carbons (Fsp3) is 0.400. The molecule has 0 atom stereocenters. The number of pyridine rings is 1. The molecule has 0 radical (unpaired) electrons. The summed E-state index contributed by atoms with van der Waals surface area (Å²) in [5.74, 6) is -0.840. The fourth-order valence-corrected chi connectivity index (χ4v) is 3.17. The number of hydrogen-bond acceptors (Lipinski definition) is 7. The summed E-state index contributed by atoms with van der Waals surface area (Å²) in [6.07, 6.45) is 3.60. The molecule has 1 aliphatic carbocycles. The summed E-state index contributed by atoms with van der Waals surface area (Å²) in [5, 5.41) is 5.06. The highest BCUT2D eigenvalue weighted by Crippen LogP contribution is 2.37. The van der Waals surface area contributed by atoms with Crippen molar-refractivity contribution in [1.82, 2.24) is 4.98 Å². The molecule has 7 heteroatoms. The van der Waals surface area contributed by atoms with Crippen molar-refractivity contribution in [3.05, 3.63) is 22.7 Å². The van der Waals surface area contributed by atoms with Crippen molar-refractivity contribution < 1.29 is 19.1 Å². The van der Waals surface area contributed by atoms with Crippen LogP contribution < -0.4 is 5.32 Å². The molecule has 116 valence electrons. The molecule has 1 fully saturated rings. The SMILES string of the molecule is CCOC(=O)c1cnc2c(C(=O)OC)csc2c1NC1CC1. The number of rotatable bonds is 5. The van der Waals surface area contributed by atoms with Crippen LogP contribution in [0, 0.1) is 0 Å². The fourth-order valence-electron chi connectivity index (χ4n) is 2.17. The summed E-state index contributed by atoms with van der Waals surface area (Å²) in [6.45, 7) is 2.07. The third-order valence-electron chi connectivity index (χ3n) is 3.41. The molecule has 1 N–H and O–H groups in total. The first-order valence-electron chi connectivity index (χ1n) is 7.07. The molecule has 0 unspecified atom stereocenters. The summed E-state index contributed by atoms with van der Waals surface area (Å²) in [6, 6.07) is 0.363. The molecule has 6 nitrogen and oxygen atoms in total. The number of methoxy groups -OCH3 is 1. The first-order valence-corrected chi connectivity index (χ1v) is 7.95. The number of fused-ring (bicyclic) bond motifs is 1. The molecule has 2 heterocycles. The Morgan fingerprint density at radius 3 is 2.77 bits per heavy atom. The van der Waals surface area contributed by atoms with Crippen molar-refractivity contribution in [3.8, 4) is 0 Å². The van der Waals surface area contributed by atoms with Crippen molar-refractivity contribution in [2.45, 2.75) is 25.8 Å². The standard InChI is InChI=1S/C15H16N2O4S/c1-3-21-15(19)9-6-16-11-10(14(18)20-2)7-22-13(11)12(9)17-8-4-5-8/h6-8H,3-5H2,1-2H3,(H,16,17). The summed E-state index contributed by atoms with van der Waals surface area (Å²) in [4.78, 5) is 28.2. The van der Waals surface area contributed by atoms with Crippen LogP contribution in [0.15, 0.2) is 11.6 Å². The van der Waals surface area contributed by atoms with Gasteiger partial charge in [-0.3, -0.25) is 4.98 Å². The molecule has 0 aliphatic heterocycles. The third kappa shape index (κ3) is 2.64. The van der Waals surface area contributed by atoms with Gasteiger partial charge in [0.2, 0.25) is 0 Å². The Bertz CT molecular complexity index is 736.